The van der Waals surface area contributed by atoms with E-state index < -0.39 is 11.6 Å². The highest BCUT2D eigenvalue weighted by Gasteiger charge is 2.13. The van der Waals surface area contributed by atoms with Crippen LogP contribution in [0, 0.1) is 23.0 Å². The number of nitrogens with one attached hydrogen (secondary N) is 1. The molecule has 2 rings (SSSR count). The number of rotatable bonds is 1. The van der Waals surface area contributed by atoms with Crippen LogP contribution >= 0.6 is 0 Å². The number of fused-ring (bicyclic) bond motifs is 1. The maximum Gasteiger partial charge on any atom is 0.151 e. The Bertz CT molecular complexity index is 525. The number of hydrogen-bond donors (Lipinski definition) is 1. The Morgan fingerprint density at radius 2 is 2.07 bits per heavy atom. The Morgan fingerprint density at radius 3 is 2.79 bits per heavy atom. The maximum atomic E-state index is 13.2. The highest BCUT2D eigenvalue weighted by Crippen LogP contribution is 2.22. The average Bonchev–Trinajstić information content (AvgIpc) is 2.58. The van der Waals surface area contributed by atoms with Crippen LogP contribution in [0.3, 0.4) is 0 Å². The third kappa shape index (κ3) is 1.12. The van der Waals surface area contributed by atoms with Crippen molar-refractivity contribution in [2.75, 3.05) is 0 Å². The van der Waals surface area contributed by atoms with E-state index in [-0.39, 0.29) is 17.3 Å². The second-order valence-corrected chi connectivity index (χ2v) is 2.79. The van der Waals surface area contributed by atoms with Gasteiger partial charge in [-0.15, -0.1) is 0 Å². The lowest BCUT2D eigenvalue weighted by atomic mass is 10.1. The summed E-state index contributed by atoms with van der Waals surface area (Å²) in [5.41, 5.74) is 0.245. The molecule has 0 unspecified atom stereocenters. The highest BCUT2D eigenvalue weighted by atomic mass is 19.1. The molecule has 1 aromatic heterocycles. The van der Waals surface area contributed by atoms with Crippen molar-refractivity contribution < 1.29 is 8.78 Å². The topological polar surface area (TPSA) is 52.5 Å². The lowest BCUT2D eigenvalue weighted by Crippen LogP contribution is -1.86. The number of halogens is 2. The molecular weight excluding hydrogens is 188 g/mol. The van der Waals surface area contributed by atoms with E-state index >= 15 is 0 Å². The summed E-state index contributed by atoms with van der Waals surface area (Å²) in [6.07, 6.45) is -0.0170. The highest BCUT2D eigenvalue weighted by molar-refractivity contribution is 5.82. The van der Waals surface area contributed by atoms with Crippen molar-refractivity contribution in [1.29, 1.82) is 5.26 Å². The first-order valence-corrected chi connectivity index (χ1v) is 3.92. The SMILES string of the molecule is N#CCc1[nH]nc2c(F)ccc(F)c12. The molecule has 1 N–H and O–H groups in total. The van der Waals surface area contributed by atoms with Gasteiger partial charge in [0.15, 0.2) is 5.82 Å². The summed E-state index contributed by atoms with van der Waals surface area (Å²) in [6.45, 7) is 0. The van der Waals surface area contributed by atoms with E-state index in [9.17, 15) is 8.78 Å². The zero-order chi connectivity index (χ0) is 10.1. The third-order valence-corrected chi connectivity index (χ3v) is 1.94. The van der Waals surface area contributed by atoms with E-state index in [1.165, 1.54) is 0 Å². The average molecular weight is 193 g/mol. The normalized spacial score (nSPS) is 10.4. The second-order valence-electron chi connectivity index (χ2n) is 2.79. The van der Waals surface area contributed by atoms with Crippen molar-refractivity contribution in [3.05, 3.63) is 29.5 Å². The van der Waals surface area contributed by atoms with Gasteiger partial charge in [0, 0.05) is 0 Å². The predicted molar refractivity (Wildman–Crippen MR) is 45.3 cm³/mol. The molecule has 0 aliphatic rings. The van der Waals surface area contributed by atoms with Crippen LogP contribution < -0.4 is 0 Å². The quantitative estimate of drug-likeness (QED) is 0.752. The van der Waals surface area contributed by atoms with Gasteiger partial charge in [0.25, 0.3) is 0 Å². The largest absolute Gasteiger partial charge is 0.280 e. The first kappa shape index (κ1) is 8.63. The Labute approximate surface area is 78.0 Å². The molecule has 2 aromatic rings. The molecule has 1 aromatic carbocycles. The van der Waals surface area contributed by atoms with E-state index in [0.717, 1.165) is 12.1 Å². The second kappa shape index (κ2) is 3.07. The van der Waals surface area contributed by atoms with E-state index in [0.29, 0.717) is 5.69 Å². The Hall–Kier alpha value is -1.96. The van der Waals surface area contributed by atoms with Crippen molar-refractivity contribution in [2.24, 2.45) is 0 Å². The zero-order valence-corrected chi connectivity index (χ0v) is 7.01. The van der Waals surface area contributed by atoms with Crippen LogP contribution in [-0.4, -0.2) is 10.2 Å². The summed E-state index contributed by atoms with van der Waals surface area (Å²) in [5, 5.41) is 14.6. The number of aromatic amines is 1. The molecule has 0 aliphatic heterocycles. The molecule has 70 valence electrons. The van der Waals surface area contributed by atoms with E-state index in [4.69, 9.17) is 5.26 Å². The minimum absolute atomic E-state index is 0.0170. The van der Waals surface area contributed by atoms with Crippen molar-refractivity contribution in [1.82, 2.24) is 10.2 Å². The molecule has 3 nitrogen and oxygen atoms in total. The Morgan fingerprint density at radius 1 is 1.36 bits per heavy atom. The first-order chi connectivity index (χ1) is 6.74. The van der Waals surface area contributed by atoms with Gasteiger partial charge in [-0.3, -0.25) is 5.10 Å². The summed E-state index contributed by atoms with van der Waals surface area (Å²) in [4.78, 5) is 0. The molecule has 1 heterocycles. The number of nitrogens with zero attached hydrogens (tertiary/aromatic N) is 2. The van der Waals surface area contributed by atoms with Crippen LogP contribution in [0.4, 0.5) is 8.78 Å². The van der Waals surface area contributed by atoms with Gasteiger partial charge in [0.05, 0.1) is 23.6 Å². The van der Waals surface area contributed by atoms with Gasteiger partial charge in [-0.25, -0.2) is 8.78 Å². The van der Waals surface area contributed by atoms with Crippen LogP contribution in [0.2, 0.25) is 0 Å². The van der Waals surface area contributed by atoms with Gasteiger partial charge in [-0.05, 0) is 12.1 Å². The molecule has 0 radical (unpaired) electrons. The van der Waals surface area contributed by atoms with Crippen LogP contribution in [0.5, 0.6) is 0 Å². The fourth-order valence-electron chi connectivity index (χ4n) is 1.32. The lowest BCUT2D eigenvalue weighted by Gasteiger charge is -1.94. The molecule has 0 bridgehead atoms. The molecular formula is C9H5F2N3. The maximum absolute atomic E-state index is 13.2. The van der Waals surface area contributed by atoms with Crippen molar-refractivity contribution >= 4 is 10.9 Å². The predicted octanol–water partition coefficient (Wildman–Crippen LogP) is 1.91. The third-order valence-electron chi connectivity index (χ3n) is 1.94. The van der Waals surface area contributed by atoms with Gasteiger partial charge < -0.3 is 0 Å². The molecule has 0 saturated carbocycles. The molecule has 0 aliphatic carbocycles. The summed E-state index contributed by atoms with van der Waals surface area (Å²) < 4.78 is 26.3. The Kier molecular flexibility index (Phi) is 1.89. The molecule has 0 fully saturated rings. The van der Waals surface area contributed by atoms with Crippen LogP contribution in [-0.2, 0) is 6.42 Å². The van der Waals surface area contributed by atoms with E-state index in [1.807, 2.05) is 6.07 Å². The first-order valence-electron chi connectivity index (χ1n) is 3.92. The van der Waals surface area contributed by atoms with Gasteiger partial charge in [-0.1, -0.05) is 0 Å². The monoisotopic (exact) mass is 193 g/mol. The van der Waals surface area contributed by atoms with Gasteiger partial charge in [0.1, 0.15) is 11.3 Å². The van der Waals surface area contributed by atoms with Crippen molar-refractivity contribution in [2.45, 2.75) is 6.42 Å². The molecule has 0 saturated heterocycles. The summed E-state index contributed by atoms with van der Waals surface area (Å²) in [6, 6.07) is 3.88. The van der Waals surface area contributed by atoms with Crippen molar-refractivity contribution in [3.8, 4) is 6.07 Å². The standard InChI is InChI=1S/C9H5F2N3/c10-5-1-2-6(11)9-8(5)7(3-4-12)13-14-9/h1-2H,3H2,(H,13,14). The van der Waals surface area contributed by atoms with Gasteiger partial charge >= 0.3 is 0 Å². The zero-order valence-electron chi connectivity index (χ0n) is 7.01. The number of nitriles is 1. The number of aromatic nitrogens is 2. The van der Waals surface area contributed by atoms with E-state index in [1.54, 1.807) is 0 Å². The number of hydrogen-bond acceptors (Lipinski definition) is 2. The summed E-state index contributed by atoms with van der Waals surface area (Å²) in [5.74, 6) is -1.16. The molecule has 0 atom stereocenters. The number of benzene rings is 1. The van der Waals surface area contributed by atoms with Gasteiger partial charge in [0.2, 0.25) is 0 Å². The van der Waals surface area contributed by atoms with Crippen molar-refractivity contribution in [3.63, 3.8) is 0 Å². The molecule has 0 amide bonds. The smallest absolute Gasteiger partial charge is 0.151 e. The number of H-pyrrole nitrogens is 1. The fraction of sp³-hybridized carbons (Fsp3) is 0.111. The minimum Gasteiger partial charge on any atom is -0.280 e. The Balaban J connectivity index is 2.78. The molecule has 5 heteroatoms. The van der Waals surface area contributed by atoms with Crippen LogP contribution in [0.25, 0.3) is 10.9 Å². The van der Waals surface area contributed by atoms with Crippen LogP contribution in [0.1, 0.15) is 5.69 Å². The molecule has 0 spiro atoms. The van der Waals surface area contributed by atoms with E-state index in [2.05, 4.69) is 10.2 Å². The minimum atomic E-state index is -0.596. The van der Waals surface area contributed by atoms with Gasteiger partial charge in [-0.2, -0.15) is 10.4 Å². The molecule has 14 heavy (non-hydrogen) atoms. The van der Waals surface area contributed by atoms with Crippen LogP contribution in [0.15, 0.2) is 12.1 Å². The lowest BCUT2D eigenvalue weighted by molar-refractivity contribution is 0.616. The summed E-state index contributed by atoms with van der Waals surface area (Å²) >= 11 is 0. The fourth-order valence-corrected chi connectivity index (χ4v) is 1.32. The summed E-state index contributed by atoms with van der Waals surface area (Å²) in [7, 11) is 0.